The number of nitrogens with zero attached hydrogens (tertiary/aromatic N) is 1. The molecular weight excluding hydrogens is 310 g/mol. The molecule has 1 aromatic carbocycles. The van der Waals surface area contributed by atoms with E-state index in [0.29, 0.717) is 0 Å². The van der Waals surface area contributed by atoms with Gasteiger partial charge in [-0.2, -0.15) is 0 Å². The van der Waals surface area contributed by atoms with E-state index in [2.05, 4.69) is 34.7 Å². The zero-order chi connectivity index (χ0) is 16.3. The molecule has 1 heterocycles. The molecule has 0 fully saturated rings. The fourth-order valence-electron chi connectivity index (χ4n) is 2.47. The van der Waals surface area contributed by atoms with Crippen molar-refractivity contribution in [2.24, 2.45) is 4.99 Å². The molecule has 0 amide bonds. The fourth-order valence-corrected chi connectivity index (χ4v) is 2.70. The van der Waals surface area contributed by atoms with Gasteiger partial charge in [0.1, 0.15) is 0 Å². The molecule has 4 nitrogen and oxygen atoms in total. The van der Waals surface area contributed by atoms with Crippen LogP contribution in [0.5, 0.6) is 0 Å². The Morgan fingerprint density at radius 3 is 2.87 bits per heavy atom. The van der Waals surface area contributed by atoms with Gasteiger partial charge in [0, 0.05) is 24.7 Å². The lowest BCUT2D eigenvalue weighted by Crippen LogP contribution is -2.38. The van der Waals surface area contributed by atoms with Crippen molar-refractivity contribution >= 4 is 17.6 Å². The summed E-state index contributed by atoms with van der Waals surface area (Å²) in [4.78, 5) is 4.62. The highest BCUT2D eigenvalue weighted by atomic mass is 35.5. The van der Waals surface area contributed by atoms with Crippen LogP contribution in [0.1, 0.15) is 25.3 Å². The van der Waals surface area contributed by atoms with Gasteiger partial charge in [0.25, 0.3) is 0 Å². The van der Waals surface area contributed by atoms with Crippen LogP contribution in [-0.2, 0) is 11.2 Å². The fraction of sp³-hybridized carbons (Fsp3) is 0.500. The van der Waals surface area contributed by atoms with E-state index in [1.807, 2.05) is 18.2 Å². The van der Waals surface area contributed by atoms with Crippen molar-refractivity contribution in [2.45, 2.75) is 26.2 Å². The summed E-state index contributed by atoms with van der Waals surface area (Å²) in [6, 6.07) is 7.93. The van der Waals surface area contributed by atoms with Crippen LogP contribution in [0.2, 0.25) is 5.02 Å². The Kier molecular flexibility index (Phi) is 7.98. The topological polar surface area (TPSA) is 45.7 Å². The molecule has 2 rings (SSSR count). The van der Waals surface area contributed by atoms with Crippen LogP contribution < -0.4 is 10.6 Å². The summed E-state index contributed by atoms with van der Waals surface area (Å²) in [5.74, 6) is 0.868. The Morgan fingerprint density at radius 1 is 1.26 bits per heavy atom. The third kappa shape index (κ3) is 6.63. The Bertz CT molecular complexity index is 543. The van der Waals surface area contributed by atoms with Gasteiger partial charge in [0.15, 0.2) is 5.96 Å². The minimum absolute atomic E-state index is 0.718. The number of nitrogens with one attached hydrogen (secondary N) is 2. The van der Waals surface area contributed by atoms with E-state index < -0.39 is 0 Å². The van der Waals surface area contributed by atoms with Gasteiger partial charge in [-0.15, -0.1) is 0 Å². The molecule has 1 aromatic rings. The predicted molar refractivity (Wildman–Crippen MR) is 97.3 cm³/mol. The molecule has 0 radical (unpaired) electrons. The van der Waals surface area contributed by atoms with E-state index in [9.17, 15) is 0 Å². The first kappa shape index (κ1) is 17.8. The minimum Gasteiger partial charge on any atom is -0.377 e. The Labute approximate surface area is 144 Å². The highest BCUT2D eigenvalue weighted by Gasteiger charge is 2.04. The molecule has 1 aliphatic heterocycles. The van der Waals surface area contributed by atoms with E-state index in [-0.39, 0.29) is 0 Å². The second-order valence-electron chi connectivity index (χ2n) is 5.47. The van der Waals surface area contributed by atoms with Crippen molar-refractivity contribution in [2.75, 3.05) is 32.8 Å². The number of halogens is 1. The molecule has 2 N–H and O–H groups in total. The molecule has 0 saturated heterocycles. The Balaban J connectivity index is 1.77. The normalized spacial score (nSPS) is 15.2. The molecule has 126 valence electrons. The third-order valence-electron chi connectivity index (χ3n) is 3.75. The summed E-state index contributed by atoms with van der Waals surface area (Å²) < 4.78 is 5.33. The number of benzene rings is 1. The second-order valence-corrected chi connectivity index (χ2v) is 5.87. The number of hydrogen-bond acceptors (Lipinski definition) is 2. The number of hydrogen-bond donors (Lipinski definition) is 2. The van der Waals surface area contributed by atoms with Crippen LogP contribution in [0.15, 0.2) is 40.9 Å². The van der Waals surface area contributed by atoms with Gasteiger partial charge in [-0.25, -0.2) is 0 Å². The Morgan fingerprint density at radius 2 is 2.13 bits per heavy atom. The minimum atomic E-state index is 0.718. The van der Waals surface area contributed by atoms with Crippen molar-refractivity contribution in [1.82, 2.24) is 10.6 Å². The standard InChI is InChI=1S/C18H26ClN3O/c1-2-20-18(21-11-7-15-9-13-23-14-10-15)22-12-8-16-5-3-4-6-17(16)19/h3-6,9H,2,7-8,10-14H2,1H3,(H2,20,21,22). The molecule has 1 aliphatic rings. The molecule has 0 bridgehead atoms. The maximum Gasteiger partial charge on any atom is 0.191 e. The van der Waals surface area contributed by atoms with Crippen molar-refractivity contribution in [3.8, 4) is 0 Å². The third-order valence-corrected chi connectivity index (χ3v) is 4.12. The molecule has 0 saturated carbocycles. The van der Waals surface area contributed by atoms with Gasteiger partial charge in [-0.1, -0.05) is 41.4 Å². The van der Waals surface area contributed by atoms with Crippen LogP contribution >= 0.6 is 11.6 Å². The predicted octanol–water partition coefficient (Wildman–Crippen LogP) is 3.17. The lowest BCUT2D eigenvalue weighted by molar-refractivity contribution is 0.153. The monoisotopic (exact) mass is 335 g/mol. The lowest BCUT2D eigenvalue weighted by Gasteiger charge is -2.15. The average molecular weight is 336 g/mol. The van der Waals surface area contributed by atoms with E-state index in [0.717, 1.165) is 68.7 Å². The molecule has 0 atom stereocenters. The number of guanidine groups is 1. The van der Waals surface area contributed by atoms with Crippen molar-refractivity contribution in [3.63, 3.8) is 0 Å². The first-order valence-corrected chi connectivity index (χ1v) is 8.68. The average Bonchev–Trinajstić information content (AvgIpc) is 2.57. The van der Waals surface area contributed by atoms with Crippen molar-refractivity contribution < 1.29 is 4.74 Å². The van der Waals surface area contributed by atoms with Gasteiger partial charge in [0.05, 0.1) is 13.2 Å². The molecule has 0 aliphatic carbocycles. The van der Waals surface area contributed by atoms with Gasteiger partial charge in [0.2, 0.25) is 0 Å². The summed E-state index contributed by atoms with van der Waals surface area (Å²) in [5, 5.41) is 7.49. The number of aliphatic imine (C=N–C) groups is 1. The zero-order valence-corrected chi connectivity index (χ0v) is 14.5. The summed E-state index contributed by atoms with van der Waals surface area (Å²) >= 11 is 6.17. The number of ether oxygens (including phenoxy) is 1. The van der Waals surface area contributed by atoms with E-state index in [1.54, 1.807) is 0 Å². The summed E-state index contributed by atoms with van der Waals surface area (Å²) in [5.41, 5.74) is 2.61. The SMILES string of the molecule is CCNC(=NCCc1ccccc1Cl)NCCC1=CCOCC1. The van der Waals surface area contributed by atoms with E-state index >= 15 is 0 Å². The van der Waals surface area contributed by atoms with Crippen LogP contribution in [0, 0.1) is 0 Å². The van der Waals surface area contributed by atoms with Crippen LogP contribution in [0.25, 0.3) is 0 Å². The second kappa shape index (κ2) is 10.3. The summed E-state index contributed by atoms with van der Waals surface area (Å²) in [6.07, 6.45) is 5.12. The first-order chi connectivity index (χ1) is 11.3. The van der Waals surface area contributed by atoms with Crippen LogP contribution in [0.4, 0.5) is 0 Å². The molecule has 23 heavy (non-hydrogen) atoms. The molecule has 0 unspecified atom stereocenters. The smallest absolute Gasteiger partial charge is 0.191 e. The molecule has 5 heteroatoms. The Hall–Kier alpha value is -1.52. The van der Waals surface area contributed by atoms with Crippen LogP contribution in [-0.4, -0.2) is 38.8 Å². The van der Waals surface area contributed by atoms with E-state index in [4.69, 9.17) is 16.3 Å². The van der Waals surface area contributed by atoms with Crippen molar-refractivity contribution in [1.29, 1.82) is 0 Å². The summed E-state index contributed by atoms with van der Waals surface area (Å²) in [6.45, 7) is 6.14. The summed E-state index contributed by atoms with van der Waals surface area (Å²) in [7, 11) is 0. The van der Waals surface area contributed by atoms with Gasteiger partial charge in [-0.05, 0) is 37.8 Å². The van der Waals surface area contributed by atoms with Crippen LogP contribution in [0.3, 0.4) is 0 Å². The highest BCUT2D eigenvalue weighted by molar-refractivity contribution is 6.31. The zero-order valence-electron chi connectivity index (χ0n) is 13.8. The molecular formula is C18H26ClN3O. The largest absolute Gasteiger partial charge is 0.377 e. The van der Waals surface area contributed by atoms with Crippen molar-refractivity contribution in [3.05, 3.63) is 46.5 Å². The maximum absolute atomic E-state index is 6.17. The molecule has 0 spiro atoms. The van der Waals surface area contributed by atoms with E-state index in [1.165, 1.54) is 5.57 Å². The maximum atomic E-state index is 6.17. The number of rotatable bonds is 7. The lowest BCUT2D eigenvalue weighted by atomic mass is 10.1. The first-order valence-electron chi connectivity index (χ1n) is 8.31. The van der Waals surface area contributed by atoms with Gasteiger partial charge >= 0.3 is 0 Å². The highest BCUT2D eigenvalue weighted by Crippen LogP contribution is 2.15. The quantitative estimate of drug-likeness (QED) is 0.457. The van der Waals surface area contributed by atoms with Gasteiger partial charge in [-0.3, -0.25) is 4.99 Å². The molecule has 0 aromatic heterocycles. The van der Waals surface area contributed by atoms with Gasteiger partial charge < -0.3 is 15.4 Å².